The minimum absolute atomic E-state index is 0.403. The van der Waals surface area contributed by atoms with Gasteiger partial charge < -0.3 is 0 Å². The molecule has 2 aromatic rings. The van der Waals surface area contributed by atoms with Crippen LogP contribution in [0.5, 0.6) is 0 Å². The molecule has 1 atom stereocenters. The first kappa shape index (κ1) is 10.1. The summed E-state index contributed by atoms with van der Waals surface area (Å²) in [5, 5.41) is 0. The summed E-state index contributed by atoms with van der Waals surface area (Å²) < 4.78 is 2.31. The first-order chi connectivity index (χ1) is 8.31. The SMILES string of the molecule is CC#Cc1ccc2c(c1)C(C)[n+]1ccccc1-2. The molecule has 1 unspecified atom stereocenters. The molecule has 3 rings (SSSR count). The summed E-state index contributed by atoms with van der Waals surface area (Å²) in [7, 11) is 0. The van der Waals surface area contributed by atoms with Crippen molar-refractivity contribution in [1.29, 1.82) is 0 Å². The Morgan fingerprint density at radius 2 is 2.06 bits per heavy atom. The summed E-state index contributed by atoms with van der Waals surface area (Å²) in [5.41, 5.74) is 5.11. The minimum Gasteiger partial charge on any atom is -0.191 e. The number of hydrogen-bond donors (Lipinski definition) is 0. The van der Waals surface area contributed by atoms with Crippen LogP contribution in [0.1, 0.15) is 31.0 Å². The number of aromatic nitrogens is 1. The standard InChI is InChI=1S/C16H14N/c1-3-6-13-8-9-14-15(11-13)12(2)17-10-5-4-7-16(14)17/h4-5,7-12H,1-2H3/q+1. The zero-order valence-corrected chi connectivity index (χ0v) is 10.1. The molecule has 0 saturated heterocycles. The van der Waals surface area contributed by atoms with E-state index < -0.39 is 0 Å². The second kappa shape index (κ2) is 3.75. The molecule has 0 amide bonds. The van der Waals surface area contributed by atoms with Crippen molar-refractivity contribution in [1.82, 2.24) is 0 Å². The maximum absolute atomic E-state index is 3.13. The van der Waals surface area contributed by atoms with Crippen molar-refractivity contribution in [3.8, 4) is 23.1 Å². The lowest BCUT2D eigenvalue weighted by Crippen LogP contribution is -2.35. The Balaban J connectivity index is 2.23. The summed E-state index contributed by atoms with van der Waals surface area (Å²) in [5.74, 6) is 6.08. The van der Waals surface area contributed by atoms with Crippen LogP contribution in [0.2, 0.25) is 0 Å². The first-order valence-electron chi connectivity index (χ1n) is 5.88. The topological polar surface area (TPSA) is 3.88 Å². The Morgan fingerprint density at radius 1 is 1.18 bits per heavy atom. The average Bonchev–Trinajstić information content (AvgIpc) is 2.65. The maximum atomic E-state index is 3.13. The van der Waals surface area contributed by atoms with E-state index in [2.05, 4.69) is 65.9 Å². The lowest BCUT2D eigenvalue weighted by atomic mass is 10.0. The third-order valence-corrected chi connectivity index (χ3v) is 3.35. The minimum atomic E-state index is 0.403. The zero-order valence-electron chi connectivity index (χ0n) is 10.1. The molecule has 0 saturated carbocycles. The van der Waals surface area contributed by atoms with Gasteiger partial charge in [-0.2, -0.15) is 4.57 Å². The average molecular weight is 220 g/mol. The van der Waals surface area contributed by atoms with Gasteiger partial charge in [0.2, 0.25) is 5.69 Å². The van der Waals surface area contributed by atoms with Crippen LogP contribution in [0.3, 0.4) is 0 Å². The monoisotopic (exact) mass is 220 g/mol. The number of nitrogens with zero attached hydrogens (tertiary/aromatic N) is 1. The van der Waals surface area contributed by atoms with Crippen LogP contribution in [0.4, 0.5) is 0 Å². The Morgan fingerprint density at radius 3 is 2.88 bits per heavy atom. The number of benzene rings is 1. The van der Waals surface area contributed by atoms with E-state index in [1.54, 1.807) is 0 Å². The number of rotatable bonds is 0. The number of hydrogen-bond acceptors (Lipinski definition) is 0. The highest BCUT2D eigenvalue weighted by atomic mass is 15.0. The molecule has 1 heteroatoms. The molecule has 0 N–H and O–H groups in total. The zero-order chi connectivity index (χ0) is 11.8. The normalized spacial score (nSPS) is 15.8. The first-order valence-corrected chi connectivity index (χ1v) is 5.88. The smallest absolute Gasteiger partial charge is 0.191 e. The van der Waals surface area contributed by atoms with Gasteiger partial charge in [0.15, 0.2) is 12.2 Å². The van der Waals surface area contributed by atoms with Crippen molar-refractivity contribution in [2.75, 3.05) is 0 Å². The molecule has 82 valence electrons. The molecule has 2 heterocycles. The highest BCUT2D eigenvalue weighted by Gasteiger charge is 2.32. The second-order valence-electron chi connectivity index (χ2n) is 4.35. The van der Waals surface area contributed by atoms with Crippen molar-refractivity contribution >= 4 is 0 Å². The van der Waals surface area contributed by atoms with Crippen LogP contribution < -0.4 is 4.57 Å². The van der Waals surface area contributed by atoms with E-state index in [9.17, 15) is 0 Å². The lowest BCUT2D eigenvalue weighted by molar-refractivity contribution is -0.694. The predicted molar refractivity (Wildman–Crippen MR) is 68.4 cm³/mol. The van der Waals surface area contributed by atoms with Crippen LogP contribution in [0, 0.1) is 11.8 Å². The van der Waals surface area contributed by atoms with Crippen LogP contribution >= 0.6 is 0 Å². The quantitative estimate of drug-likeness (QED) is 0.475. The molecule has 0 fully saturated rings. The fraction of sp³-hybridized carbons (Fsp3) is 0.188. The molecular weight excluding hydrogens is 206 g/mol. The van der Waals surface area contributed by atoms with E-state index in [-0.39, 0.29) is 0 Å². The van der Waals surface area contributed by atoms with Crippen LogP contribution in [0.15, 0.2) is 42.6 Å². The molecule has 0 aliphatic carbocycles. The third-order valence-electron chi connectivity index (χ3n) is 3.35. The molecule has 1 nitrogen and oxygen atoms in total. The van der Waals surface area contributed by atoms with Gasteiger partial charge >= 0.3 is 0 Å². The summed E-state index contributed by atoms with van der Waals surface area (Å²) in [6, 6.07) is 13.2. The van der Waals surface area contributed by atoms with Gasteiger partial charge in [0.05, 0.1) is 5.56 Å². The van der Waals surface area contributed by atoms with Crippen LogP contribution in [-0.2, 0) is 0 Å². The molecule has 1 aromatic heterocycles. The Kier molecular flexibility index (Phi) is 2.23. The van der Waals surface area contributed by atoms with Gasteiger partial charge in [-0.05, 0) is 31.2 Å². The molecule has 1 aliphatic rings. The van der Waals surface area contributed by atoms with Crippen molar-refractivity contribution in [3.05, 3.63) is 53.7 Å². The van der Waals surface area contributed by atoms with Crippen molar-refractivity contribution in [3.63, 3.8) is 0 Å². The fourth-order valence-electron chi connectivity index (χ4n) is 2.54. The largest absolute Gasteiger partial charge is 0.213 e. The van der Waals surface area contributed by atoms with E-state index in [4.69, 9.17) is 0 Å². The van der Waals surface area contributed by atoms with Gasteiger partial charge in [0, 0.05) is 30.2 Å². The van der Waals surface area contributed by atoms with Gasteiger partial charge in [0.1, 0.15) is 0 Å². The third kappa shape index (κ3) is 1.45. The summed E-state index contributed by atoms with van der Waals surface area (Å²) in [6.07, 6.45) is 2.14. The molecule has 17 heavy (non-hydrogen) atoms. The van der Waals surface area contributed by atoms with E-state index in [0.29, 0.717) is 6.04 Å². The van der Waals surface area contributed by atoms with Crippen molar-refractivity contribution in [2.24, 2.45) is 0 Å². The molecule has 1 aromatic carbocycles. The Hall–Kier alpha value is -2.07. The van der Waals surface area contributed by atoms with E-state index in [0.717, 1.165) is 5.56 Å². The van der Waals surface area contributed by atoms with Crippen LogP contribution in [0.25, 0.3) is 11.3 Å². The van der Waals surface area contributed by atoms with E-state index in [1.165, 1.54) is 16.8 Å². The van der Waals surface area contributed by atoms with Gasteiger partial charge in [-0.25, -0.2) is 0 Å². The van der Waals surface area contributed by atoms with Crippen LogP contribution in [-0.4, -0.2) is 0 Å². The molecule has 1 aliphatic heterocycles. The number of pyridine rings is 1. The summed E-state index contributed by atoms with van der Waals surface area (Å²) in [4.78, 5) is 0. The molecule has 0 spiro atoms. The van der Waals surface area contributed by atoms with Gasteiger partial charge in [-0.1, -0.05) is 5.92 Å². The number of fused-ring (bicyclic) bond motifs is 3. The highest BCUT2D eigenvalue weighted by molar-refractivity contribution is 5.66. The van der Waals surface area contributed by atoms with Crippen molar-refractivity contribution < 1.29 is 4.57 Å². The molecule has 0 radical (unpaired) electrons. The van der Waals surface area contributed by atoms with Gasteiger partial charge in [-0.15, -0.1) is 5.92 Å². The molecular formula is C16H14N+. The van der Waals surface area contributed by atoms with E-state index in [1.807, 2.05) is 6.92 Å². The predicted octanol–water partition coefficient (Wildman–Crippen LogP) is 2.94. The molecule has 0 bridgehead atoms. The highest BCUT2D eigenvalue weighted by Crippen LogP contribution is 2.33. The maximum Gasteiger partial charge on any atom is 0.213 e. The second-order valence-corrected chi connectivity index (χ2v) is 4.35. The lowest BCUT2D eigenvalue weighted by Gasteiger charge is -2.00. The Bertz CT molecular complexity index is 644. The van der Waals surface area contributed by atoms with E-state index >= 15 is 0 Å². The van der Waals surface area contributed by atoms with Gasteiger partial charge in [-0.3, -0.25) is 0 Å². The fourth-order valence-corrected chi connectivity index (χ4v) is 2.54. The summed E-state index contributed by atoms with van der Waals surface area (Å²) in [6.45, 7) is 4.11. The van der Waals surface area contributed by atoms with Gasteiger partial charge in [0.25, 0.3) is 0 Å². The Labute approximate surface area is 102 Å². The summed E-state index contributed by atoms with van der Waals surface area (Å²) >= 11 is 0. The van der Waals surface area contributed by atoms with Crippen molar-refractivity contribution in [2.45, 2.75) is 19.9 Å².